The minimum Gasteiger partial charge on any atom is -0.338 e. The number of aromatic nitrogens is 2. The molecule has 21 heavy (non-hydrogen) atoms. The lowest BCUT2D eigenvalue weighted by Crippen LogP contribution is -2.10. The van der Waals surface area contributed by atoms with Gasteiger partial charge in [-0.3, -0.25) is 4.79 Å². The SMILES string of the molecule is O=C1CCCCCC1c1nc(-c2ccc(F)c(F)c2)no1. The highest BCUT2D eigenvalue weighted by atomic mass is 19.2. The standard InChI is InChI=1S/C15H14F2N2O2/c16-11-7-6-9(8-12(11)17)14-18-15(21-19-14)10-4-2-1-3-5-13(10)20/h6-8,10H,1-5H2. The molecule has 1 atom stereocenters. The number of benzene rings is 1. The van der Waals surface area contributed by atoms with Crippen molar-refractivity contribution in [3.8, 4) is 11.4 Å². The summed E-state index contributed by atoms with van der Waals surface area (Å²) in [6.45, 7) is 0. The molecule has 1 fully saturated rings. The third-order valence-corrected chi connectivity index (χ3v) is 3.72. The molecule has 3 rings (SSSR count). The summed E-state index contributed by atoms with van der Waals surface area (Å²) in [7, 11) is 0. The molecule has 4 nitrogen and oxygen atoms in total. The van der Waals surface area contributed by atoms with Gasteiger partial charge in [0.25, 0.3) is 0 Å². The average Bonchev–Trinajstić information content (AvgIpc) is 2.85. The highest BCUT2D eigenvalue weighted by Gasteiger charge is 2.28. The molecule has 0 N–H and O–H groups in total. The maximum absolute atomic E-state index is 13.2. The second-order valence-electron chi connectivity index (χ2n) is 5.20. The second-order valence-corrected chi connectivity index (χ2v) is 5.20. The molecule has 1 aromatic heterocycles. The van der Waals surface area contributed by atoms with Gasteiger partial charge in [0, 0.05) is 12.0 Å². The van der Waals surface area contributed by atoms with Crippen LogP contribution in [0.15, 0.2) is 22.7 Å². The first-order valence-corrected chi connectivity index (χ1v) is 6.97. The van der Waals surface area contributed by atoms with Crippen LogP contribution in [0, 0.1) is 11.6 Å². The zero-order chi connectivity index (χ0) is 14.8. The van der Waals surface area contributed by atoms with E-state index in [0.717, 1.165) is 31.4 Å². The summed E-state index contributed by atoms with van der Waals surface area (Å²) >= 11 is 0. The van der Waals surface area contributed by atoms with Crippen LogP contribution in [0.3, 0.4) is 0 Å². The Labute approximate surface area is 120 Å². The molecule has 0 aliphatic heterocycles. The van der Waals surface area contributed by atoms with Gasteiger partial charge in [-0.15, -0.1) is 0 Å². The molecule has 6 heteroatoms. The minimum atomic E-state index is -0.968. The Hall–Kier alpha value is -2.11. The van der Waals surface area contributed by atoms with Crippen LogP contribution in [0.4, 0.5) is 8.78 Å². The van der Waals surface area contributed by atoms with Crippen molar-refractivity contribution in [1.82, 2.24) is 10.1 Å². The lowest BCUT2D eigenvalue weighted by Gasteiger charge is -2.06. The van der Waals surface area contributed by atoms with Crippen LogP contribution in [0.1, 0.15) is 43.9 Å². The molecule has 1 aromatic carbocycles. The lowest BCUT2D eigenvalue weighted by atomic mass is 9.99. The quantitative estimate of drug-likeness (QED) is 0.793. The van der Waals surface area contributed by atoms with Gasteiger partial charge in [-0.05, 0) is 31.0 Å². The highest BCUT2D eigenvalue weighted by molar-refractivity contribution is 5.85. The van der Waals surface area contributed by atoms with E-state index in [9.17, 15) is 13.6 Å². The maximum atomic E-state index is 13.2. The molecule has 1 heterocycles. The number of hydrogen-bond acceptors (Lipinski definition) is 4. The molecular formula is C15H14F2N2O2. The first-order chi connectivity index (χ1) is 10.1. The van der Waals surface area contributed by atoms with Gasteiger partial charge in [0.15, 0.2) is 11.6 Å². The topological polar surface area (TPSA) is 56.0 Å². The van der Waals surface area contributed by atoms with Crippen molar-refractivity contribution in [3.63, 3.8) is 0 Å². The summed E-state index contributed by atoms with van der Waals surface area (Å²) in [4.78, 5) is 16.2. The van der Waals surface area contributed by atoms with Gasteiger partial charge in [-0.25, -0.2) is 8.78 Å². The van der Waals surface area contributed by atoms with Crippen molar-refractivity contribution in [1.29, 1.82) is 0 Å². The van der Waals surface area contributed by atoms with Gasteiger partial charge in [0.1, 0.15) is 5.78 Å². The van der Waals surface area contributed by atoms with E-state index in [0.29, 0.717) is 18.4 Å². The van der Waals surface area contributed by atoms with Crippen molar-refractivity contribution < 1.29 is 18.1 Å². The summed E-state index contributed by atoms with van der Waals surface area (Å²) in [6, 6.07) is 3.40. The Morgan fingerprint density at radius 2 is 2.00 bits per heavy atom. The monoisotopic (exact) mass is 292 g/mol. The van der Waals surface area contributed by atoms with Crippen LogP contribution < -0.4 is 0 Å². The van der Waals surface area contributed by atoms with Crippen LogP contribution in [-0.2, 0) is 4.79 Å². The van der Waals surface area contributed by atoms with E-state index in [1.807, 2.05) is 0 Å². The third-order valence-electron chi connectivity index (χ3n) is 3.72. The normalized spacial score (nSPS) is 19.5. The van der Waals surface area contributed by atoms with Crippen LogP contribution in [0.25, 0.3) is 11.4 Å². The fourth-order valence-electron chi connectivity index (χ4n) is 2.55. The van der Waals surface area contributed by atoms with Crippen LogP contribution in [-0.4, -0.2) is 15.9 Å². The Kier molecular flexibility index (Phi) is 3.77. The van der Waals surface area contributed by atoms with E-state index in [1.165, 1.54) is 6.07 Å². The van der Waals surface area contributed by atoms with Gasteiger partial charge in [-0.1, -0.05) is 18.0 Å². The molecule has 1 aliphatic carbocycles. The smallest absolute Gasteiger partial charge is 0.237 e. The number of ketones is 1. The largest absolute Gasteiger partial charge is 0.338 e. The van der Waals surface area contributed by atoms with Gasteiger partial charge < -0.3 is 4.52 Å². The molecule has 110 valence electrons. The minimum absolute atomic E-state index is 0.105. The predicted octanol–water partition coefficient (Wildman–Crippen LogP) is 3.63. The average molecular weight is 292 g/mol. The Morgan fingerprint density at radius 1 is 1.14 bits per heavy atom. The first-order valence-electron chi connectivity index (χ1n) is 6.97. The van der Waals surface area contributed by atoms with Crippen LogP contribution in [0.2, 0.25) is 0 Å². The fourth-order valence-corrected chi connectivity index (χ4v) is 2.55. The Morgan fingerprint density at radius 3 is 2.81 bits per heavy atom. The molecule has 0 bridgehead atoms. The molecule has 0 amide bonds. The Bertz CT molecular complexity index is 669. The molecule has 0 saturated heterocycles. The van der Waals surface area contributed by atoms with E-state index < -0.39 is 11.6 Å². The molecule has 1 unspecified atom stereocenters. The van der Waals surface area contributed by atoms with Gasteiger partial charge >= 0.3 is 0 Å². The fraction of sp³-hybridized carbons (Fsp3) is 0.400. The number of carbonyl (C=O) groups is 1. The summed E-state index contributed by atoms with van der Waals surface area (Å²) in [5.74, 6) is -1.74. The number of Topliss-reactive ketones (excluding diaryl/α,β-unsaturated/α-hetero) is 1. The zero-order valence-corrected chi connectivity index (χ0v) is 11.3. The third kappa shape index (κ3) is 2.84. The number of rotatable bonds is 2. The van der Waals surface area contributed by atoms with Crippen LogP contribution in [0.5, 0.6) is 0 Å². The van der Waals surface area contributed by atoms with Gasteiger partial charge in [0.2, 0.25) is 11.7 Å². The van der Waals surface area contributed by atoms with Crippen molar-refractivity contribution >= 4 is 5.78 Å². The van der Waals surface area contributed by atoms with Gasteiger partial charge in [0.05, 0.1) is 5.92 Å². The lowest BCUT2D eigenvalue weighted by molar-refractivity contribution is -0.120. The van der Waals surface area contributed by atoms with E-state index in [1.54, 1.807) is 0 Å². The van der Waals surface area contributed by atoms with Crippen LogP contribution >= 0.6 is 0 Å². The maximum Gasteiger partial charge on any atom is 0.237 e. The van der Waals surface area contributed by atoms with E-state index >= 15 is 0 Å². The van der Waals surface area contributed by atoms with Crippen molar-refractivity contribution in [3.05, 3.63) is 35.7 Å². The summed E-state index contributed by atoms with van der Waals surface area (Å²) in [5, 5.41) is 3.77. The summed E-state index contributed by atoms with van der Waals surface area (Å²) < 4.78 is 31.3. The number of carbonyl (C=O) groups excluding carboxylic acids is 1. The number of nitrogens with zero attached hydrogens (tertiary/aromatic N) is 2. The molecule has 2 aromatic rings. The first kappa shape index (κ1) is 13.9. The summed E-state index contributed by atoms with van der Waals surface area (Å²) in [5.41, 5.74) is 0.324. The molecule has 0 spiro atoms. The van der Waals surface area contributed by atoms with Crippen molar-refractivity contribution in [2.45, 2.75) is 38.0 Å². The number of hydrogen-bond donors (Lipinski definition) is 0. The molecule has 0 radical (unpaired) electrons. The van der Waals surface area contributed by atoms with E-state index in [4.69, 9.17) is 4.52 Å². The summed E-state index contributed by atoms with van der Waals surface area (Å²) in [6.07, 6.45) is 4.07. The predicted molar refractivity (Wildman–Crippen MR) is 70.5 cm³/mol. The molecular weight excluding hydrogens is 278 g/mol. The Balaban J connectivity index is 1.88. The second kappa shape index (κ2) is 5.71. The van der Waals surface area contributed by atoms with E-state index in [2.05, 4.69) is 10.1 Å². The molecule has 1 saturated carbocycles. The van der Waals surface area contributed by atoms with Crippen molar-refractivity contribution in [2.24, 2.45) is 0 Å². The zero-order valence-electron chi connectivity index (χ0n) is 11.3. The highest BCUT2D eigenvalue weighted by Crippen LogP contribution is 2.29. The van der Waals surface area contributed by atoms with E-state index in [-0.39, 0.29) is 23.4 Å². The molecule has 1 aliphatic rings. The van der Waals surface area contributed by atoms with Gasteiger partial charge in [-0.2, -0.15) is 4.98 Å². The number of halogens is 2. The van der Waals surface area contributed by atoms with Crippen molar-refractivity contribution in [2.75, 3.05) is 0 Å².